The molecule has 0 saturated carbocycles. The Bertz CT molecular complexity index is 351. The van der Waals surface area contributed by atoms with E-state index in [-0.39, 0.29) is 11.8 Å². The third kappa shape index (κ3) is 3.41. The third-order valence-electron chi connectivity index (χ3n) is 2.00. The molecule has 0 unspecified atom stereocenters. The zero-order chi connectivity index (χ0) is 13.4. The molecule has 0 spiro atoms. The van der Waals surface area contributed by atoms with Gasteiger partial charge in [-0.15, -0.1) is 0 Å². The van der Waals surface area contributed by atoms with Gasteiger partial charge in [-0.1, -0.05) is 46.2 Å². The topological polar surface area (TPSA) is 37.4 Å². The molecular formula is C14H21NO2. The number of imide groups is 1. The molecule has 3 nitrogen and oxygen atoms in total. The van der Waals surface area contributed by atoms with E-state index in [1.54, 1.807) is 24.3 Å². The van der Waals surface area contributed by atoms with Crippen LogP contribution in [0.3, 0.4) is 0 Å². The lowest BCUT2D eigenvalue weighted by Gasteiger charge is -2.02. The largest absolute Gasteiger partial charge is 0.277 e. The monoisotopic (exact) mass is 235 g/mol. The van der Waals surface area contributed by atoms with E-state index in [1.807, 2.05) is 13.8 Å². The van der Waals surface area contributed by atoms with Crippen LogP contribution in [0.15, 0.2) is 24.3 Å². The molecule has 1 aliphatic rings. The molecule has 1 heterocycles. The Kier molecular flexibility index (Phi) is 6.87. The van der Waals surface area contributed by atoms with Gasteiger partial charge < -0.3 is 0 Å². The van der Waals surface area contributed by atoms with Crippen LogP contribution in [0, 0.1) is 0 Å². The van der Waals surface area contributed by atoms with Gasteiger partial charge in [0.25, 0.3) is 11.8 Å². The number of nitrogens with zero attached hydrogens (tertiary/aromatic N) is 1. The molecule has 1 aliphatic heterocycles. The summed E-state index contributed by atoms with van der Waals surface area (Å²) in [5.41, 5.74) is 1.01. The third-order valence-corrected chi connectivity index (χ3v) is 2.00. The van der Waals surface area contributed by atoms with Gasteiger partial charge >= 0.3 is 0 Å². The van der Waals surface area contributed by atoms with Crippen molar-refractivity contribution in [2.24, 2.45) is 0 Å². The summed E-state index contributed by atoms with van der Waals surface area (Å²) in [7, 11) is 1.49. The second-order valence-electron chi connectivity index (χ2n) is 3.42. The Balaban J connectivity index is 0.000000450. The summed E-state index contributed by atoms with van der Waals surface area (Å²) >= 11 is 0. The molecule has 0 aromatic heterocycles. The first-order valence-corrected chi connectivity index (χ1v) is 6.04. The number of benzene rings is 1. The smallest absolute Gasteiger partial charge is 0.261 e. The van der Waals surface area contributed by atoms with Crippen LogP contribution in [-0.2, 0) is 0 Å². The molecule has 1 aromatic carbocycles. The molecular weight excluding hydrogens is 214 g/mol. The van der Waals surface area contributed by atoms with Crippen molar-refractivity contribution in [1.82, 2.24) is 4.90 Å². The second kappa shape index (κ2) is 7.60. The molecule has 3 heteroatoms. The Labute approximate surface area is 103 Å². The fourth-order valence-corrected chi connectivity index (χ4v) is 1.31. The summed E-state index contributed by atoms with van der Waals surface area (Å²) in [4.78, 5) is 23.8. The predicted octanol–water partition coefficient (Wildman–Crippen LogP) is 3.35. The SMILES string of the molecule is CC.CCC.CN1C(=O)c2ccccc2C1=O. The van der Waals surface area contributed by atoms with Gasteiger partial charge in [0.1, 0.15) is 0 Å². The Morgan fingerprint density at radius 1 is 0.941 bits per heavy atom. The molecule has 0 N–H and O–H groups in total. The van der Waals surface area contributed by atoms with Crippen LogP contribution in [0.25, 0.3) is 0 Å². The second-order valence-corrected chi connectivity index (χ2v) is 3.42. The van der Waals surface area contributed by atoms with Gasteiger partial charge in [0, 0.05) is 7.05 Å². The van der Waals surface area contributed by atoms with Gasteiger partial charge in [-0.2, -0.15) is 0 Å². The summed E-state index contributed by atoms with van der Waals surface area (Å²) in [5.74, 6) is -0.425. The highest BCUT2D eigenvalue weighted by atomic mass is 16.2. The average Bonchev–Trinajstić information content (AvgIpc) is 2.59. The van der Waals surface area contributed by atoms with E-state index in [2.05, 4.69) is 13.8 Å². The minimum atomic E-state index is -0.212. The minimum Gasteiger partial charge on any atom is -0.277 e. The molecule has 1 aromatic rings. The number of amides is 2. The maximum atomic E-state index is 11.3. The van der Waals surface area contributed by atoms with E-state index in [0.29, 0.717) is 11.1 Å². The fraction of sp³-hybridized carbons (Fsp3) is 0.429. The van der Waals surface area contributed by atoms with E-state index in [4.69, 9.17) is 0 Å². The van der Waals surface area contributed by atoms with Gasteiger partial charge in [0.2, 0.25) is 0 Å². The Morgan fingerprint density at radius 3 is 1.53 bits per heavy atom. The molecule has 94 valence electrons. The summed E-state index contributed by atoms with van der Waals surface area (Å²) in [6.07, 6.45) is 1.25. The van der Waals surface area contributed by atoms with Gasteiger partial charge in [0.15, 0.2) is 0 Å². The normalized spacial score (nSPS) is 12.2. The molecule has 0 atom stereocenters. The van der Waals surface area contributed by atoms with Gasteiger partial charge in [0.05, 0.1) is 11.1 Å². The predicted molar refractivity (Wildman–Crippen MR) is 70.2 cm³/mol. The van der Waals surface area contributed by atoms with Gasteiger partial charge in [-0.05, 0) is 12.1 Å². The summed E-state index contributed by atoms with van der Waals surface area (Å²) in [5, 5.41) is 0. The van der Waals surface area contributed by atoms with E-state index in [9.17, 15) is 9.59 Å². The Hall–Kier alpha value is -1.64. The van der Waals surface area contributed by atoms with Crippen LogP contribution in [0.1, 0.15) is 54.8 Å². The van der Waals surface area contributed by atoms with Crippen molar-refractivity contribution in [3.8, 4) is 0 Å². The van der Waals surface area contributed by atoms with Crippen molar-refractivity contribution in [2.75, 3.05) is 7.05 Å². The molecule has 0 saturated heterocycles. The minimum absolute atomic E-state index is 0.212. The number of carbonyl (C=O) groups excluding carboxylic acids is 2. The van der Waals surface area contributed by atoms with Crippen molar-refractivity contribution in [3.05, 3.63) is 35.4 Å². The highest BCUT2D eigenvalue weighted by Gasteiger charge is 2.31. The number of rotatable bonds is 0. The number of hydrogen-bond acceptors (Lipinski definition) is 2. The van der Waals surface area contributed by atoms with Crippen LogP contribution in [0.2, 0.25) is 0 Å². The van der Waals surface area contributed by atoms with E-state index < -0.39 is 0 Å². The van der Waals surface area contributed by atoms with Gasteiger partial charge in [-0.3, -0.25) is 14.5 Å². The van der Waals surface area contributed by atoms with Gasteiger partial charge in [-0.25, -0.2) is 0 Å². The molecule has 0 aliphatic carbocycles. The fourth-order valence-electron chi connectivity index (χ4n) is 1.31. The molecule has 17 heavy (non-hydrogen) atoms. The van der Waals surface area contributed by atoms with Crippen LogP contribution in [-0.4, -0.2) is 23.8 Å². The van der Waals surface area contributed by atoms with Crippen molar-refractivity contribution in [3.63, 3.8) is 0 Å². The van der Waals surface area contributed by atoms with Crippen molar-refractivity contribution >= 4 is 11.8 Å². The standard InChI is InChI=1S/C9H7NO2.C3H8.C2H6/c1-10-8(11)6-4-2-3-5-7(6)9(10)12;1-3-2;1-2/h2-5H,1H3;3H2,1-2H3;1-2H3. The zero-order valence-electron chi connectivity index (χ0n) is 11.3. The zero-order valence-corrected chi connectivity index (χ0v) is 11.3. The van der Waals surface area contributed by atoms with Crippen molar-refractivity contribution in [1.29, 1.82) is 0 Å². The number of hydrogen-bond donors (Lipinski definition) is 0. The van der Waals surface area contributed by atoms with E-state index in [1.165, 1.54) is 13.5 Å². The Morgan fingerprint density at radius 2 is 1.24 bits per heavy atom. The molecule has 0 bridgehead atoms. The first kappa shape index (κ1) is 15.4. The highest BCUT2D eigenvalue weighted by Crippen LogP contribution is 2.20. The molecule has 0 radical (unpaired) electrons. The first-order chi connectivity index (χ1) is 8.13. The lowest BCUT2D eigenvalue weighted by atomic mass is 10.1. The van der Waals surface area contributed by atoms with Crippen LogP contribution >= 0.6 is 0 Å². The van der Waals surface area contributed by atoms with Crippen LogP contribution in [0.5, 0.6) is 0 Å². The lowest BCUT2D eigenvalue weighted by molar-refractivity contribution is 0.0693. The van der Waals surface area contributed by atoms with Crippen molar-refractivity contribution < 1.29 is 9.59 Å². The summed E-state index contributed by atoms with van der Waals surface area (Å²) < 4.78 is 0. The lowest BCUT2D eigenvalue weighted by Crippen LogP contribution is -2.24. The molecule has 0 fully saturated rings. The van der Waals surface area contributed by atoms with E-state index in [0.717, 1.165) is 4.90 Å². The van der Waals surface area contributed by atoms with Crippen molar-refractivity contribution in [2.45, 2.75) is 34.1 Å². The highest BCUT2D eigenvalue weighted by molar-refractivity contribution is 6.21. The van der Waals surface area contributed by atoms with Crippen LogP contribution < -0.4 is 0 Å². The summed E-state index contributed by atoms with van der Waals surface area (Å²) in [6, 6.07) is 6.84. The quantitative estimate of drug-likeness (QED) is 0.647. The molecule has 2 amide bonds. The first-order valence-electron chi connectivity index (χ1n) is 6.04. The number of carbonyl (C=O) groups is 2. The maximum Gasteiger partial charge on any atom is 0.261 e. The van der Waals surface area contributed by atoms with Crippen LogP contribution in [0.4, 0.5) is 0 Å². The number of fused-ring (bicyclic) bond motifs is 1. The summed E-state index contributed by atoms with van der Waals surface area (Å²) in [6.45, 7) is 8.25. The maximum absolute atomic E-state index is 11.3. The molecule has 2 rings (SSSR count). The van der Waals surface area contributed by atoms with E-state index >= 15 is 0 Å². The average molecular weight is 235 g/mol.